The van der Waals surface area contributed by atoms with E-state index in [1.807, 2.05) is 44.2 Å². The molecular weight excluding hydrogens is 334 g/mol. The highest BCUT2D eigenvalue weighted by Gasteiger charge is 2.16. The Morgan fingerprint density at radius 2 is 1.92 bits per heavy atom. The second-order valence-corrected chi connectivity index (χ2v) is 5.76. The fraction of sp³-hybridized carbons (Fsp3) is 0.211. The summed E-state index contributed by atoms with van der Waals surface area (Å²) >= 11 is 0. The summed E-state index contributed by atoms with van der Waals surface area (Å²) in [4.78, 5) is 23.8. The van der Waals surface area contributed by atoms with Gasteiger partial charge in [0.25, 0.3) is 5.91 Å². The van der Waals surface area contributed by atoms with Crippen molar-refractivity contribution in [3.05, 3.63) is 65.9 Å². The predicted octanol–water partition coefficient (Wildman–Crippen LogP) is 2.81. The maximum atomic E-state index is 12.1. The molecule has 2 heterocycles. The van der Waals surface area contributed by atoms with Crippen LogP contribution in [0.15, 0.2) is 53.1 Å². The van der Waals surface area contributed by atoms with Gasteiger partial charge in [-0.25, -0.2) is 4.68 Å². The number of nitrogens with one attached hydrogen (secondary N) is 1. The number of furan rings is 1. The number of ether oxygens (including phenoxy) is 1. The van der Waals surface area contributed by atoms with Crippen LogP contribution in [0.25, 0.3) is 5.69 Å². The first-order valence-corrected chi connectivity index (χ1v) is 8.14. The first-order valence-electron chi connectivity index (χ1n) is 8.14. The van der Waals surface area contributed by atoms with Gasteiger partial charge >= 0.3 is 5.97 Å². The van der Waals surface area contributed by atoms with Crippen LogP contribution in [0.1, 0.15) is 17.1 Å². The summed E-state index contributed by atoms with van der Waals surface area (Å²) in [7, 11) is 0. The largest absolute Gasteiger partial charge is 0.469 e. The summed E-state index contributed by atoms with van der Waals surface area (Å²) < 4.78 is 11.8. The lowest BCUT2D eigenvalue weighted by Crippen LogP contribution is -2.22. The van der Waals surface area contributed by atoms with E-state index >= 15 is 0 Å². The first-order chi connectivity index (χ1) is 12.5. The third-order valence-corrected chi connectivity index (χ3v) is 3.82. The molecule has 0 saturated carbocycles. The maximum absolute atomic E-state index is 12.1. The molecule has 26 heavy (non-hydrogen) atoms. The zero-order valence-electron chi connectivity index (χ0n) is 14.6. The molecule has 134 valence electrons. The van der Waals surface area contributed by atoms with E-state index in [0.717, 1.165) is 11.4 Å². The molecule has 0 fully saturated rings. The number of para-hydroxylation sites is 1. The van der Waals surface area contributed by atoms with Gasteiger partial charge in [0.15, 0.2) is 6.61 Å². The van der Waals surface area contributed by atoms with Crippen LogP contribution in [0, 0.1) is 13.8 Å². The van der Waals surface area contributed by atoms with Crippen LogP contribution in [0.2, 0.25) is 0 Å². The number of anilines is 1. The number of carbonyl (C=O) groups is 2. The molecule has 1 amide bonds. The van der Waals surface area contributed by atoms with Gasteiger partial charge in [-0.05, 0) is 38.1 Å². The molecule has 7 nitrogen and oxygen atoms in total. The molecule has 7 heteroatoms. The number of aromatic nitrogens is 2. The van der Waals surface area contributed by atoms with Crippen molar-refractivity contribution < 1.29 is 18.7 Å². The second kappa shape index (κ2) is 7.69. The molecule has 0 spiro atoms. The average Bonchev–Trinajstić information content (AvgIpc) is 3.24. The molecule has 0 aliphatic carbocycles. The van der Waals surface area contributed by atoms with Crippen LogP contribution in [0.3, 0.4) is 0 Å². The Balaban J connectivity index is 1.61. The van der Waals surface area contributed by atoms with Gasteiger partial charge in [-0.1, -0.05) is 18.2 Å². The normalized spacial score (nSPS) is 10.5. The van der Waals surface area contributed by atoms with Crippen molar-refractivity contribution in [1.29, 1.82) is 0 Å². The molecule has 1 N–H and O–H groups in total. The highest BCUT2D eigenvalue weighted by molar-refractivity contribution is 5.94. The third kappa shape index (κ3) is 4.00. The van der Waals surface area contributed by atoms with Crippen molar-refractivity contribution in [1.82, 2.24) is 9.78 Å². The minimum Gasteiger partial charge on any atom is -0.469 e. The van der Waals surface area contributed by atoms with Gasteiger partial charge in [0, 0.05) is 0 Å². The summed E-state index contributed by atoms with van der Waals surface area (Å²) in [6, 6.07) is 13.0. The Labute approximate surface area is 150 Å². The van der Waals surface area contributed by atoms with Crippen molar-refractivity contribution in [2.75, 3.05) is 11.9 Å². The van der Waals surface area contributed by atoms with Crippen molar-refractivity contribution in [3.63, 3.8) is 0 Å². The number of aryl methyl sites for hydroxylation is 1. The van der Waals surface area contributed by atoms with E-state index in [1.165, 1.54) is 6.26 Å². The van der Waals surface area contributed by atoms with Gasteiger partial charge in [0.2, 0.25) is 0 Å². The Hall–Kier alpha value is -3.35. The fourth-order valence-electron chi connectivity index (χ4n) is 2.57. The minimum atomic E-state index is -0.525. The maximum Gasteiger partial charge on any atom is 0.313 e. The van der Waals surface area contributed by atoms with Crippen LogP contribution in [-0.2, 0) is 20.7 Å². The number of carbonyl (C=O) groups excluding carboxylic acids is 2. The van der Waals surface area contributed by atoms with Gasteiger partial charge in [-0.2, -0.15) is 5.10 Å². The summed E-state index contributed by atoms with van der Waals surface area (Å²) in [6.45, 7) is 3.31. The van der Waals surface area contributed by atoms with Crippen LogP contribution < -0.4 is 5.32 Å². The fourth-order valence-corrected chi connectivity index (χ4v) is 2.57. The van der Waals surface area contributed by atoms with Crippen molar-refractivity contribution >= 4 is 17.6 Å². The van der Waals surface area contributed by atoms with Gasteiger partial charge in [0.05, 0.1) is 29.0 Å². The summed E-state index contributed by atoms with van der Waals surface area (Å²) in [6.07, 6.45) is 1.47. The van der Waals surface area contributed by atoms with Crippen molar-refractivity contribution in [3.8, 4) is 5.69 Å². The second-order valence-electron chi connectivity index (χ2n) is 5.76. The minimum absolute atomic E-state index is 0.00965. The Kier molecular flexibility index (Phi) is 5.17. The number of hydrogen-bond acceptors (Lipinski definition) is 5. The van der Waals surface area contributed by atoms with E-state index in [2.05, 4.69) is 10.4 Å². The molecule has 0 bridgehead atoms. The highest BCUT2D eigenvalue weighted by atomic mass is 16.5. The standard InChI is InChI=1S/C19H19N3O4/c1-13-19(14(2)22(21-13)15-7-4-3-5-8-15)20-17(23)12-26-18(24)11-16-9-6-10-25-16/h3-10H,11-12H2,1-2H3,(H,20,23). The first kappa shape index (κ1) is 17.5. The van der Waals surface area contributed by atoms with Crippen LogP contribution in [0.4, 0.5) is 5.69 Å². The van der Waals surface area contributed by atoms with E-state index < -0.39 is 11.9 Å². The molecule has 3 aromatic rings. The number of benzene rings is 1. The number of rotatable bonds is 6. The van der Waals surface area contributed by atoms with Gasteiger partial charge < -0.3 is 14.5 Å². The molecule has 1 aromatic carbocycles. The molecule has 0 aliphatic heterocycles. The molecule has 3 rings (SSSR count). The number of hydrogen-bond donors (Lipinski definition) is 1. The summed E-state index contributed by atoms with van der Waals surface area (Å²) in [5.74, 6) is -0.452. The summed E-state index contributed by atoms with van der Waals surface area (Å²) in [5.41, 5.74) is 2.99. The molecular formula is C19H19N3O4. The zero-order chi connectivity index (χ0) is 18.5. The molecule has 0 aliphatic rings. The molecule has 0 unspecified atom stereocenters. The van der Waals surface area contributed by atoms with E-state index in [-0.39, 0.29) is 13.0 Å². The van der Waals surface area contributed by atoms with E-state index in [9.17, 15) is 9.59 Å². The Bertz CT molecular complexity index is 899. The molecule has 2 aromatic heterocycles. The third-order valence-electron chi connectivity index (χ3n) is 3.82. The van der Waals surface area contributed by atoms with Crippen molar-refractivity contribution in [2.45, 2.75) is 20.3 Å². The lowest BCUT2D eigenvalue weighted by Gasteiger charge is -2.07. The van der Waals surface area contributed by atoms with Gasteiger partial charge in [-0.3, -0.25) is 9.59 Å². The number of nitrogens with zero attached hydrogens (tertiary/aromatic N) is 2. The van der Waals surface area contributed by atoms with Gasteiger partial charge in [0.1, 0.15) is 12.2 Å². The van der Waals surface area contributed by atoms with E-state index in [1.54, 1.807) is 16.8 Å². The topological polar surface area (TPSA) is 86.4 Å². The molecule has 0 radical (unpaired) electrons. The monoisotopic (exact) mass is 353 g/mol. The lowest BCUT2D eigenvalue weighted by molar-refractivity contribution is -0.146. The predicted molar refractivity (Wildman–Crippen MR) is 95.0 cm³/mol. The quantitative estimate of drug-likeness (QED) is 0.689. The van der Waals surface area contributed by atoms with Crippen LogP contribution in [0.5, 0.6) is 0 Å². The van der Waals surface area contributed by atoms with Crippen LogP contribution >= 0.6 is 0 Å². The zero-order valence-corrected chi connectivity index (χ0v) is 14.6. The smallest absolute Gasteiger partial charge is 0.313 e. The van der Waals surface area contributed by atoms with E-state index in [0.29, 0.717) is 17.1 Å². The Morgan fingerprint density at radius 3 is 2.62 bits per heavy atom. The number of amides is 1. The van der Waals surface area contributed by atoms with Gasteiger partial charge in [-0.15, -0.1) is 0 Å². The summed E-state index contributed by atoms with van der Waals surface area (Å²) in [5, 5.41) is 7.22. The Morgan fingerprint density at radius 1 is 1.15 bits per heavy atom. The SMILES string of the molecule is Cc1nn(-c2ccccc2)c(C)c1NC(=O)COC(=O)Cc1ccco1. The highest BCUT2D eigenvalue weighted by Crippen LogP contribution is 2.22. The van der Waals surface area contributed by atoms with Crippen LogP contribution in [-0.4, -0.2) is 28.3 Å². The molecule has 0 atom stereocenters. The average molecular weight is 353 g/mol. The van der Waals surface area contributed by atoms with E-state index in [4.69, 9.17) is 9.15 Å². The number of esters is 1. The van der Waals surface area contributed by atoms with Crippen molar-refractivity contribution in [2.24, 2.45) is 0 Å². The lowest BCUT2D eigenvalue weighted by atomic mass is 10.3. The molecule has 0 saturated heterocycles.